The van der Waals surface area contributed by atoms with Crippen LogP contribution in [0.5, 0.6) is 11.5 Å². The van der Waals surface area contributed by atoms with E-state index in [0.29, 0.717) is 49.8 Å². The first-order valence-corrected chi connectivity index (χ1v) is 13.1. The van der Waals surface area contributed by atoms with Gasteiger partial charge in [0.25, 0.3) is 5.91 Å². The number of amides is 1. The summed E-state index contributed by atoms with van der Waals surface area (Å²) in [6.07, 6.45) is 0. The lowest BCUT2D eigenvalue weighted by Gasteiger charge is -2.12. The minimum atomic E-state index is -0.575. The monoisotopic (exact) mass is 540 g/mol. The lowest BCUT2D eigenvalue weighted by molar-refractivity contribution is 0.0529. The molecule has 7 nitrogen and oxygen atoms in total. The highest BCUT2D eigenvalue weighted by atomic mass is 32.1. The normalized spacial score (nSPS) is 11.9. The van der Waals surface area contributed by atoms with Crippen molar-refractivity contribution in [3.8, 4) is 33.9 Å². The van der Waals surface area contributed by atoms with E-state index in [0.717, 1.165) is 5.56 Å². The number of ether oxygens (including phenoxy) is 3. The maximum Gasteiger partial charge on any atom is 0.341 e. The van der Waals surface area contributed by atoms with Crippen LogP contribution in [0.15, 0.2) is 78.2 Å². The summed E-state index contributed by atoms with van der Waals surface area (Å²) in [5, 5.41) is 5.66. The van der Waals surface area contributed by atoms with Gasteiger partial charge in [-0.1, -0.05) is 30.3 Å². The number of aromatic nitrogens is 1. The summed E-state index contributed by atoms with van der Waals surface area (Å²) in [5.74, 6) is -0.108. The van der Waals surface area contributed by atoms with E-state index in [9.17, 15) is 14.0 Å². The zero-order valence-electron chi connectivity index (χ0n) is 20.7. The molecule has 0 fully saturated rings. The van der Waals surface area contributed by atoms with Crippen molar-refractivity contribution >= 4 is 39.1 Å². The molecular formula is C30H21FN2O5S. The van der Waals surface area contributed by atoms with E-state index in [1.54, 1.807) is 30.5 Å². The first-order chi connectivity index (χ1) is 19.0. The summed E-state index contributed by atoms with van der Waals surface area (Å²) in [5.41, 5.74) is 3.78. The van der Waals surface area contributed by atoms with Crippen LogP contribution in [0.2, 0.25) is 0 Å². The molecule has 1 N–H and O–H groups in total. The second kappa shape index (κ2) is 10.2. The Kier molecular flexibility index (Phi) is 6.42. The average Bonchev–Trinajstić information content (AvgIpc) is 3.59. The Labute approximate surface area is 226 Å². The molecule has 5 aromatic rings. The Morgan fingerprint density at radius 3 is 2.59 bits per heavy atom. The van der Waals surface area contributed by atoms with Crippen LogP contribution in [0.25, 0.3) is 33.3 Å². The Bertz CT molecular complexity index is 1730. The molecule has 0 radical (unpaired) electrons. The largest absolute Gasteiger partial charge is 0.462 e. The number of hydrogen-bond donors (Lipinski definition) is 1. The molecule has 0 bridgehead atoms. The van der Waals surface area contributed by atoms with Gasteiger partial charge in [0.2, 0.25) is 6.79 Å². The van der Waals surface area contributed by atoms with Crippen LogP contribution in [-0.2, 0) is 4.74 Å². The number of nitrogens with one attached hydrogen (secondary N) is 1. The molecule has 3 heterocycles. The standard InChI is InChI=1S/C30H21FN2O5S/c1-2-36-30(35)27-22(17-7-10-19(31)11-8-17)15-39-29(27)33-28(34)21-14-24(32-23-6-4-3-5-20(21)23)18-9-12-25-26(13-18)38-16-37-25/h3-15H,2,16H2,1H3,(H,33,34). The molecule has 194 valence electrons. The maximum atomic E-state index is 13.7. The second-order valence-electron chi connectivity index (χ2n) is 8.68. The molecule has 0 spiro atoms. The van der Waals surface area contributed by atoms with Crippen LogP contribution < -0.4 is 14.8 Å². The lowest BCUT2D eigenvalue weighted by Crippen LogP contribution is -2.15. The number of esters is 1. The van der Waals surface area contributed by atoms with Crippen molar-refractivity contribution in [3.63, 3.8) is 0 Å². The molecule has 1 aliphatic heterocycles. The van der Waals surface area contributed by atoms with Crippen LogP contribution in [0, 0.1) is 5.82 Å². The van der Waals surface area contributed by atoms with Crippen molar-refractivity contribution in [1.29, 1.82) is 0 Å². The number of anilines is 1. The van der Waals surface area contributed by atoms with Gasteiger partial charge in [-0.3, -0.25) is 4.79 Å². The number of hydrogen-bond acceptors (Lipinski definition) is 7. The van der Waals surface area contributed by atoms with Gasteiger partial charge in [0.05, 0.1) is 23.4 Å². The number of carbonyl (C=O) groups is 2. The Hall–Kier alpha value is -4.76. The molecule has 1 aliphatic rings. The van der Waals surface area contributed by atoms with Crippen LogP contribution >= 0.6 is 11.3 Å². The average molecular weight is 541 g/mol. The van der Waals surface area contributed by atoms with Crippen LogP contribution in [0.3, 0.4) is 0 Å². The Morgan fingerprint density at radius 2 is 1.77 bits per heavy atom. The minimum absolute atomic E-state index is 0.154. The van der Waals surface area contributed by atoms with E-state index in [-0.39, 0.29) is 24.8 Å². The molecule has 0 atom stereocenters. The fourth-order valence-corrected chi connectivity index (χ4v) is 5.39. The van der Waals surface area contributed by atoms with Crippen LogP contribution in [0.4, 0.5) is 9.39 Å². The molecule has 0 saturated heterocycles. The zero-order valence-corrected chi connectivity index (χ0v) is 21.5. The van der Waals surface area contributed by atoms with Crippen molar-refractivity contribution in [1.82, 2.24) is 4.98 Å². The predicted molar refractivity (Wildman–Crippen MR) is 147 cm³/mol. The van der Waals surface area contributed by atoms with Gasteiger partial charge in [-0.05, 0) is 55.0 Å². The number of carbonyl (C=O) groups excluding carboxylic acids is 2. The number of halogens is 1. The molecule has 0 unspecified atom stereocenters. The molecule has 0 aliphatic carbocycles. The number of nitrogens with zero attached hydrogens (tertiary/aromatic N) is 1. The van der Waals surface area contributed by atoms with Crippen LogP contribution in [-0.4, -0.2) is 30.3 Å². The maximum absolute atomic E-state index is 13.7. The third-order valence-electron chi connectivity index (χ3n) is 6.28. The minimum Gasteiger partial charge on any atom is -0.462 e. The summed E-state index contributed by atoms with van der Waals surface area (Å²) in [6.45, 7) is 2.03. The van der Waals surface area contributed by atoms with Gasteiger partial charge < -0.3 is 19.5 Å². The van der Waals surface area contributed by atoms with Gasteiger partial charge in [-0.2, -0.15) is 0 Å². The summed E-state index contributed by atoms with van der Waals surface area (Å²) in [7, 11) is 0. The molecule has 2 aromatic heterocycles. The van der Waals surface area contributed by atoms with Crippen molar-refractivity contribution in [2.24, 2.45) is 0 Å². The topological polar surface area (TPSA) is 86.8 Å². The van der Waals surface area contributed by atoms with Crippen molar-refractivity contribution in [3.05, 3.63) is 95.1 Å². The van der Waals surface area contributed by atoms with Crippen molar-refractivity contribution in [2.45, 2.75) is 6.92 Å². The summed E-state index contributed by atoms with van der Waals surface area (Å²) in [6, 6.07) is 20.4. The number of rotatable bonds is 6. The quantitative estimate of drug-likeness (QED) is 0.235. The van der Waals surface area contributed by atoms with Crippen LogP contribution in [0.1, 0.15) is 27.6 Å². The lowest BCUT2D eigenvalue weighted by atomic mass is 10.0. The van der Waals surface area contributed by atoms with E-state index in [4.69, 9.17) is 19.2 Å². The predicted octanol–water partition coefficient (Wildman–Crippen LogP) is 6.93. The molecule has 1 amide bonds. The van der Waals surface area contributed by atoms with Crippen molar-refractivity contribution in [2.75, 3.05) is 18.7 Å². The van der Waals surface area contributed by atoms with E-state index >= 15 is 0 Å². The highest BCUT2D eigenvalue weighted by Crippen LogP contribution is 2.38. The summed E-state index contributed by atoms with van der Waals surface area (Å²) >= 11 is 1.20. The van der Waals surface area contributed by atoms with E-state index in [1.807, 2.05) is 42.5 Å². The van der Waals surface area contributed by atoms with E-state index in [1.165, 1.54) is 23.5 Å². The third-order valence-corrected chi connectivity index (χ3v) is 7.18. The van der Waals surface area contributed by atoms with Gasteiger partial charge in [-0.25, -0.2) is 14.2 Å². The molecule has 6 rings (SSSR count). The second-order valence-corrected chi connectivity index (χ2v) is 9.55. The number of thiophene rings is 1. The first-order valence-electron chi connectivity index (χ1n) is 12.2. The summed E-state index contributed by atoms with van der Waals surface area (Å²) in [4.78, 5) is 31.5. The number of benzene rings is 3. The molecule has 9 heteroatoms. The molecule has 39 heavy (non-hydrogen) atoms. The van der Waals surface area contributed by atoms with Gasteiger partial charge in [0.1, 0.15) is 16.4 Å². The number of para-hydroxylation sites is 1. The van der Waals surface area contributed by atoms with E-state index < -0.39 is 11.9 Å². The van der Waals surface area contributed by atoms with Crippen molar-refractivity contribution < 1.29 is 28.2 Å². The number of fused-ring (bicyclic) bond motifs is 2. The van der Waals surface area contributed by atoms with Gasteiger partial charge in [-0.15, -0.1) is 11.3 Å². The number of pyridine rings is 1. The first kappa shape index (κ1) is 24.6. The molecule has 3 aromatic carbocycles. The Morgan fingerprint density at radius 1 is 1.00 bits per heavy atom. The van der Waals surface area contributed by atoms with Gasteiger partial charge in [0.15, 0.2) is 11.5 Å². The smallest absolute Gasteiger partial charge is 0.341 e. The fourth-order valence-electron chi connectivity index (χ4n) is 4.44. The van der Waals surface area contributed by atoms with Gasteiger partial charge >= 0.3 is 5.97 Å². The highest BCUT2D eigenvalue weighted by molar-refractivity contribution is 7.15. The highest BCUT2D eigenvalue weighted by Gasteiger charge is 2.24. The third kappa shape index (κ3) is 4.68. The Balaban J connectivity index is 1.41. The van der Waals surface area contributed by atoms with E-state index in [2.05, 4.69) is 5.32 Å². The molecule has 0 saturated carbocycles. The van der Waals surface area contributed by atoms with Gasteiger partial charge in [0, 0.05) is 21.9 Å². The summed E-state index contributed by atoms with van der Waals surface area (Å²) < 4.78 is 29.8. The zero-order chi connectivity index (χ0) is 26.9. The SMILES string of the molecule is CCOC(=O)c1c(-c2ccc(F)cc2)csc1NC(=O)c1cc(-c2ccc3c(c2)OCO3)nc2ccccc12. The fraction of sp³-hybridized carbons (Fsp3) is 0.100. The molecular weight excluding hydrogens is 519 g/mol.